The molecule has 0 aromatic carbocycles. The Kier molecular flexibility index (Phi) is 69.4. The first-order valence-corrected chi connectivity index (χ1v) is 28.9. The normalized spacial score (nSPS) is 13.4. The van der Waals surface area contributed by atoms with Gasteiger partial charge in [-0.05, 0) is 180 Å². The van der Waals surface area contributed by atoms with Crippen molar-refractivity contribution in [1.29, 1.82) is 0 Å². The Balaban J connectivity index is -0.00000101. The molecule has 0 fully saturated rings. The molecule has 412 valence electrons. The van der Waals surface area contributed by atoms with Gasteiger partial charge < -0.3 is 20.1 Å². The van der Waals surface area contributed by atoms with Crippen molar-refractivity contribution in [2.75, 3.05) is 26.4 Å². The van der Waals surface area contributed by atoms with E-state index in [0.29, 0.717) is 12.4 Å². The van der Waals surface area contributed by atoms with Gasteiger partial charge in [-0.25, -0.2) is 0 Å². The highest BCUT2D eigenvalue weighted by molar-refractivity contribution is 5.04. The molecule has 0 unspecified atom stereocenters. The van der Waals surface area contributed by atoms with Gasteiger partial charge in [0.2, 0.25) is 0 Å². The van der Waals surface area contributed by atoms with Crippen molar-refractivity contribution in [2.45, 2.75) is 215 Å². The lowest BCUT2D eigenvalue weighted by Crippen LogP contribution is -1.96. The fourth-order valence-corrected chi connectivity index (χ4v) is 6.74. The Morgan fingerprint density at radius 1 is 0.329 bits per heavy atom. The van der Waals surface area contributed by atoms with Crippen LogP contribution in [0.4, 0.5) is 0 Å². The Hall–Kier alpha value is -4.48. The Morgan fingerprint density at radius 3 is 1.00 bits per heavy atom. The quantitative estimate of drug-likeness (QED) is 0.0323. The van der Waals surface area contributed by atoms with Crippen molar-refractivity contribution in [3.63, 3.8) is 0 Å². The molecule has 4 heteroatoms. The third-order valence-corrected chi connectivity index (χ3v) is 11.1. The van der Waals surface area contributed by atoms with Crippen molar-refractivity contribution < 1.29 is 20.1 Å². The number of ether oxygens (including phenoxy) is 1. The van der Waals surface area contributed by atoms with E-state index in [1.54, 1.807) is 0 Å². The molecule has 0 aliphatic heterocycles. The zero-order valence-electron chi connectivity index (χ0n) is 47.9. The second-order valence-corrected chi connectivity index (χ2v) is 17.7. The van der Waals surface area contributed by atoms with E-state index < -0.39 is 0 Å². The molecule has 0 aliphatic rings. The third-order valence-electron chi connectivity index (χ3n) is 11.1. The van der Waals surface area contributed by atoms with Crippen LogP contribution in [0, 0.1) is 0 Å². The maximum atomic E-state index is 9.08. The molecule has 0 rings (SSSR count). The minimum atomic E-state index is -0.00445. The predicted octanol–water partition coefficient (Wildman–Crippen LogP) is 20.6. The van der Waals surface area contributed by atoms with Crippen molar-refractivity contribution in [3.05, 3.63) is 193 Å². The minimum absolute atomic E-state index is 0.00445. The van der Waals surface area contributed by atoms with Crippen LogP contribution in [-0.4, -0.2) is 41.7 Å². The van der Waals surface area contributed by atoms with E-state index in [-0.39, 0.29) is 19.8 Å². The van der Waals surface area contributed by atoms with Crippen molar-refractivity contribution in [2.24, 2.45) is 0 Å². The first kappa shape index (κ1) is 72.8. The average Bonchev–Trinajstić information content (AvgIpc) is 3.40. The maximum Gasteiger partial charge on any atom is 0.117 e. The number of aliphatic hydroxyl groups is 3. The van der Waals surface area contributed by atoms with Crippen LogP contribution in [0.1, 0.15) is 215 Å². The van der Waals surface area contributed by atoms with Gasteiger partial charge in [-0.2, -0.15) is 0 Å². The van der Waals surface area contributed by atoms with Crippen LogP contribution in [0.3, 0.4) is 0 Å². The van der Waals surface area contributed by atoms with Crippen LogP contribution >= 0.6 is 0 Å². The van der Waals surface area contributed by atoms with Crippen LogP contribution in [0.25, 0.3) is 0 Å². The lowest BCUT2D eigenvalue weighted by Gasteiger charge is -2.04. The summed E-state index contributed by atoms with van der Waals surface area (Å²) in [6.07, 6.45) is 94.0. The van der Waals surface area contributed by atoms with Gasteiger partial charge in [0.25, 0.3) is 0 Å². The fourth-order valence-electron chi connectivity index (χ4n) is 6.74. The highest BCUT2D eigenvalue weighted by Gasteiger charge is 1.94. The number of hydrogen-bond donors (Lipinski definition) is 3. The van der Waals surface area contributed by atoms with Gasteiger partial charge >= 0.3 is 0 Å². The Labute approximate surface area is 452 Å². The number of rotatable bonds is 45. The van der Waals surface area contributed by atoms with Crippen LogP contribution in [-0.2, 0) is 4.74 Å². The highest BCUT2D eigenvalue weighted by Crippen LogP contribution is 2.11. The number of allylic oxidation sites excluding steroid dienone is 29. The SMILES string of the molecule is CC/C=C\C/C=C\C/C=C\C/C=C\C/C=C\CCC/C(C)=C/CO.CC/C=C\C/C=C\C/C=C\C/C=C\C/C=C\CCC/C=C(\CO)OCC.CC/C=C\C/C=C\C/C=C\CCCCCCC/C=C(\CC)CO. The molecule has 0 aromatic heterocycles. The molecule has 0 amide bonds. The van der Waals surface area contributed by atoms with Gasteiger partial charge in [0.1, 0.15) is 12.4 Å². The lowest BCUT2D eigenvalue weighted by molar-refractivity contribution is 0.170. The smallest absolute Gasteiger partial charge is 0.117 e. The summed E-state index contributed by atoms with van der Waals surface area (Å²) < 4.78 is 5.30. The van der Waals surface area contributed by atoms with Crippen LogP contribution in [0.15, 0.2) is 193 Å². The topological polar surface area (TPSA) is 69.9 Å². The van der Waals surface area contributed by atoms with Crippen LogP contribution in [0.5, 0.6) is 0 Å². The summed E-state index contributed by atoms with van der Waals surface area (Å²) in [6.45, 7) is 13.6. The van der Waals surface area contributed by atoms with E-state index in [9.17, 15) is 0 Å². The summed E-state index contributed by atoms with van der Waals surface area (Å²) in [5.41, 5.74) is 2.47. The molecule has 3 N–H and O–H groups in total. The first-order valence-electron chi connectivity index (χ1n) is 28.9. The zero-order valence-corrected chi connectivity index (χ0v) is 47.9. The number of aliphatic hydroxyl groups excluding tert-OH is 3. The number of unbranched alkanes of at least 4 members (excludes halogenated alkanes) is 9. The monoisotopic (exact) mass is 1000 g/mol. The van der Waals surface area contributed by atoms with Crippen molar-refractivity contribution >= 4 is 0 Å². The molecule has 0 saturated heterocycles. The first-order chi connectivity index (χ1) is 36.0. The molecule has 0 heterocycles. The molecule has 0 aromatic rings. The molecule has 0 aliphatic carbocycles. The van der Waals surface area contributed by atoms with Crippen molar-refractivity contribution in [3.8, 4) is 0 Å². The third kappa shape index (κ3) is 69.6. The molecule has 0 bridgehead atoms. The summed E-state index contributed by atoms with van der Waals surface area (Å²) in [7, 11) is 0. The van der Waals surface area contributed by atoms with Gasteiger partial charge in [-0.1, -0.05) is 223 Å². The molecule has 0 spiro atoms. The summed E-state index contributed by atoms with van der Waals surface area (Å²) in [6, 6.07) is 0. The molecule has 0 saturated carbocycles. The summed E-state index contributed by atoms with van der Waals surface area (Å²) >= 11 is 0. The maximum absolute atomic E-state index is 9.08. The van der Waals surface area contributed by atoms with E-state index >= 15 is 0 Å². The average molecular weight is 1010 g/mol. The van der Waals surface area contributed by atoms with Gasteiger partial charge in [0, 0.05) is 0 Å². The van der Waals surface area contributed by atoms with E-state index in [0.717, 1.165) is 135 Å². The second-order valence-electron chi connectivity index (χ2n) is 17.7. The molecule has 4 nitrogen and oxygen atoms in total. The summed E-state index contributed by atoms with van der Waals surface area (Å²) in [4.78, 5) is 0. The highest BCUT2D eigenvalue weighted by atomic mass is 16.5. The van der Waals surface area contributed by atoms with E-state index in [1.165, 1.54) is 49.7 Å². The van der Waals surface area contributed by atoms with Gasteiger partial charge in [0.05, 0.1) is 19.8 Å². The Morgan fingerprint density at radius 2 is 0.658 bits per heavy atom. The standard InChI is InChI=1S/C24H38O2.C23H36O.C22H38O/c1-3-5-6-7-8-9-10-11-12-13-14-15-16-17-18-19-20-21-22-24(23-25)26-4-2;1-3-4-5-6-7-8-9-10-11-12-13-14-15-16-17-18-19-20-23(2)21-22-24;1-3-5-6-7-8-9-10-11-12-13-14-15-16-17-18-19-20-22(4-2)21-23/h5-6,8-9,11-12,14-15,17-18,22,25H,3-4,7,10,13,16,19-21,23H2,1-2H3;4-5,7-8,10-11,13-14,16-17,21,24H,3,6,9,12,15,18-20,22H2,1-2H3;5-6,8-9,11-12,20,23H,3-4,7,10,13-19,21H2,1-2H3/b6-5-,9-8-,12-11-,15-14-,18-17-,24-22+;5-4-,8-7-,11-10-,14-13-,17-16-,23-21+;6-5-,9-8-,12-11-,22-20+. The van der Waals surface area contributed by atoms with E-state index in [1.807, 2.05) is 19.1 Å². The zero-order chi connectivity index (χ0) is 53.9. The van der Waals surface area contributed by atoms with E-state index in [4.69, 9.17) is 20.1 Å². The molecule has 0 atom stereocenters. The minimum Gasteiger partial charge on any atom is -0.496 e. The number of hydrogen-bond acceptors (Lipinski definition) is 4. The van der Waals surface area contributed by atoms with Crippen LogP contribution < -0.4 is 0 Å². The molecular formula is C69H112O4. The van der Waals surface area contributed by atoms with Gasteiger partial charge in [-0.15, -0.1) is 0 Å². The van der Waals surface area contributed by atoms with Crippen LogP contribution in [0.2, 0.25) is 0 Å². The van der Waals surface area contributed by atoms with Gasteiger partial charge in [0.15, 0.2) is 0 Å². The van der Waals surface area contributed by atoms with E-state index in [2.05, 4.69) is 199 Å². The molecule has 73 heavy (non-hydrogen) atoms. The molecular weight excluding hydrogens is 893 g/mol. The second kappa shape index (κ2) is 69.6. The lowest BCUT2D eigenvalue weighted by atomic mass is 10.1. The Bertz CT molecular complexity index is 1620. The fraction of sp³-hybridized carbons (Fsp3) is 0.536. The predicted molar refractivity (Wildman–Crippen MR) is 329 cm³/mol. The summed E-state index contributed by atoms with van der Waals surface area (Å²) in [5.74, 6) is 0.691. The molecule has 0 radical (unpaired) electrons. The van der Waals surface area contributed by atoms with Gasteiger partial charge in [-0.3, -0.25) is 0 Å². The van der Waals surface area contributed by atoms with Crippen molar-refractivity contribution in [1.82, 2.24) is 0 Å². The summed E-state index contributed by atoms with van der Waals surface area (Å²) in [5, 5.41) is 26.9. The largest absolute Gasteiger partial charge is 0.496 e.